The lowest BCUT2D eigenvalue weighted by atomic mass is 9.76. The van der Waals surface area contributed by atoms with E-state index in [1.54, 1.807) is 7.11 Å². The van der Waals surface area contributed by atoms with Gasteiger partial charge in [-0.2, -0.15) is 0 Å². The number of aliphatic hydroxyl groups excluding tert-OH is 1. The van der Waals surface area contributed by atoms with Gasteiger partial charge in [0.2, 0.25) is 0 Å². The zero-order chi connectivity index (χ0) is 25.0. The van der Waals surface area contributed by atoms with Crippen LogP contribution in [0.3, 0.4) is 0 Å². The monoisotopic (exact) mass is 490 g/mol. The molecule has 0 aromatic heterocycles. The van der Waals surface area contributed by atoms with Crippen LogP contribution in [0.5, 0.6) is 5.75 Å². The quantitative estimate of drug-likeness (QED) is 0.553. The molecular weight excluding hydrogens is 448 g/mol. The Balaban J connectivity index is 1.47. The Labute approximate surface area is 209 Å². The van der Waals surface area contributed by atoms with Crippen LogP contribution in [0.25, 0.3) is 0 Å². The topological polar surface area (TPSA) is 78.9 Å². The Morgan fingerprint density at radius 2 is 1.77 bits per heavy atom. The second-order valence-corrected chi connectivity index (χ2v) is 11.4. The molecule has 7 heteroatoms. The Kier molecular flexibility index (Phi) is 6.73. The van der Waals surface area contributed by atoms with Gasteiger partial charge in [-0.3, -0.25) is 0 Å². The van der Waals surface area contributed by atoms with Crippen molar-refractivity contribution in [2.24, 2.45) is 11.8 Å². The highest BCUT2D eigenvalue weighted by atomic mass is 16.8. The summed E-state index contributed by atoms with van der Waals surface area (Å²) >= 11 is 0. The first kappa shape index (κ1) is 25.4. The highest BCUT2D eigenvalue weighted by molar-refractivity contribution is 5.28. The number of rotatable bonds is 7. The van der Waals surface area contributed by atoms with Crippen molar-refractivity contribution in [3.8, 4) is 5.75 Å². The molecule has 1 aromatic rings. The standard InChI is InChI=1S/C28H42O7/c1-7-21-27(5,35-28(33-21)14-8-9-15-28)24-18(3)22(17(2)23-26(4,16-29)34-23)31-25(32-24)19-10-12-20(30-6)13-11-19/h10-13,17-18,21-25,29H,7-9,14-16H2,1-6H3/t17-,18-,21+,22-,23-,24+,25+,26+,27+/m0/s1. The Morgan fingerprint density at radius 3 is 2.34 bits per heavy atom. The normalized spacial score (nSPS) is 43.4. The number of hydrogen-bond donors (Lipinski definition) is 1. The second kappa shape index (κ2) is 9.26. The number of benzene rings is 1. The Hall–Kier alpha value is -1.22. The van der Waals surface area contributed by atoms with E-state index in [0.29, 0.717) is 0 Å². The van der Waals surface area contributed by atoms with Gasteiger partial charge in [0.1, 0.15) is 17.0 Å². The minimum atomic E-state index is -0.602. The maximum Gasteiger partial charge on any atom is 0.184 e. The van der Waals surface area contributed by atoms with Crippen LogP contribution >= 0.6 is 0 Å². The van der Waals surface area contributed by atoms with Gasteiger partial charge in [-0.25, -0.2) is 0 Å². The molecule has 4 fully saturated rings. The highest BCUT2D eigenvalue weighted by Crippen LogP contribution is 2.54. The summed E-state index contributed by atoms with van der Waals surface area (Å²) in [6, 6.07) is 7.85. The van der Waals surface area contributed by atoms with Crippen molar-refractivity contribution in [2.45, 2.75) is 114 Å². The van der Waals surface area contributed by atoms with Crippen LogP contribution in [0.4, 0.5) is 0 Å². The van der Waals surface area contributed by atoms with Crippen molar-refractivity contribution in [1.82, 2.24) is 0 Å². The third-order valence-corrected chi connectivity index (χ3v) is 8.89. The molecule has 1 aromatic carbocycles. The van der Waals surface area contributed by atoms with E-state index in [4.69, 9.17) is 28.4 Å². The molecule has 0 amide bonds. The van der Waals surface area contributed by atoms with Gasteiger partial charge in [0, 0.05) is 30.2 Å². The summed E-state index contributed by atoms with van der Waals surface area (Å²) in [6.45, 7) is 10.6. The molecule has 7 nitrogen and oxygen atoms in total. The van der Waals surface area contributed by atoms with Crippen LogP contribution in [0.15, 0.2) is 24.3 Å². The van der Waals surface area contributed by atoms with Crippen LogP contribution in [-0.2, 0) is 23.7 Å². The molecule has 1 spiro atoms. The average molecular weight is 491 g/mol. The number of hydrogen-bond acceptors (Lipinski definition) is 7. The number of methoxy groups -OCH3 is 1. The van der Waals surface area contributed by atoms with E-state index in [9.17, 15) is 5.11 Å². The van der Waals surface area contributed by atoms with Gasteiger partial charge in [0.25, 0.3) is 0 Å². The summed E-state index contributed by atoms with van der Waals surface area (Å²) in [7, 11) is 1.66. The molecule has 1 N–H and O–H groups in total. The van der Waals surface area contributed by atoms with Crippen LogP contribution in [0, 0.1) is 11.8 Å². The van der Waals surface area contributed by atoms with Crippen LogP contribution < -0.4 is 4.74 Å². The van der Waals surface area contributed by atoms with Crippen molar-refractivity contribution in [3.05, 3.63) is 29.8 Å². The maximum absolute atomic E-state index is 9.84. The molecule has 0 bridgehead atoms. The fraction of sp³-hybridized carbons (Fsp3) is 0.786. The van der Waals surface area contributed by atoms with Gasteiger partial charge >= 0.3 is 0 Å². The predicted molar refractivity (Wildman–Crippen MR) is 130 cm³/mol. The van der Waals surface area contributed by atoms with E-state index in [1.165, 1.54) is 0 Å². The minimum absolute atomic E-state index is 0.0000395. The van der Waals surface area contributed by atoms with Crippen molar-refractivity contribution < 1.29 is 33.5 Å². The fourth-order valence-corrected chi connectivity index (χ4v) is 6.86. The first-order chi connectivity index (χ1) is 16.7. The first-order valence-corrected chi connectivity index (χ1v) is 13.3. The molecule has 3 heterocycles. The average Bonchev–Trinajstić information content (AvgIpc) is 3.20. The highest BCUT2D eigenvalue weighted by Gasteiger charge is 2.64. The van der Waals surface area contributed by atoms with Crippen LogP contribution in [0.1, 0.15) is 78.6 Å². The molecule has 5 rings (SSSR count). The fourth-order valence-electron chi connectivity index (χ4n) is 6.86. The minimum Gasteiger partial charge on any atom is -0.497 e. The van der Waals surface area contributed by atoms with E-state index in [-0.39, 0.29) is 42.9 Å². The van der Waals surface area contributed by atoms with Gasteiger partial charge < -0.3 is 33.5 Å². The van der Waals surface area contributed by atoms with Crippen LogP contribution in [-0.4, -0.2) is 60.2 Å². The van der Waals surface area contributed by atoms with Crippen molar-refractivity contribution >= 4 is 0 Å². The maximum atomic E-state index is 9.84. The largest absolute Gasteiger partial charge is 0.497 e. The van der Waals surface area contributed by atoms with Crippen molar-refractivity contribution in [3.63, 3.8) is 0 Å². The summed E-state index contributed by atoms with van der Waals surface area (Å²) in [5, 5.41) is 9.84. The number of aliphatic hydroxyl groups is 1. The first-order valence-electron chi connectivity index (χ1n) is 13.3. The van der Waals surface area contributed by atoms with Crippen LogP contribution in [0.2, 0.25) is 0 Å². The summed E-state index contributed by atoms with van der Waals surface area (Å²) in [5.74, 6) is 0.396. The van der Waals surface area contributed by atoms with Gasteiger partial charge in [-0.15, -0.1) is 0 Å². The predicted octanol–water partition coefficient (Wildman–Crippen LogP) is 4.75. The molecule has 0 radical (unpaired) electrons. The molecule has 35 heavy (non-hydrogen) atoms. The van der Waals surface area contributed by atoms with Gasteiger partial charge in [-0.1, -0.05) is 32.9 Å². The van der Waals surface area contributed by atoms with Gasteiger partial charge in [0.05, 0.1) is 38.1 Å². The molecule has 1 saturated carbocycles. The number of epoxide rings is 1. The summed E-state index contributed by atoms with van der Waals surface area (Å²) in [6.07, 6.45) is 3.93. The molecule has 3 aliphatic heterocycles. The van der Waals surface area contributed by atoms with E-state index < -0.39 is 23.3 Å². The number of ether oxygens (including phenoxy) is 6. The second-order valence-electron chi connectivity index (χ2n) is 11.4. The SMILES string of the molecule is CC[C@H]1OC2(CCCC2)O[C@@]1(C)[C@@H]1O[C@H](c2ccc(OC)cc2)O[C@@H]([C@H](C)[C@@H]2O[C@]2(C)CO)[C@@H]1C. The zero-order valence-corrected chi connectivity index (χ0v) is 22.0. The van der Waals surface area contributed by atoms with E-state index in [0.717, 1.165) is 43.4 Å². The lowest BCUT2D eigenvalue weighted by Crippen LogP contribution is -2.59. The van der Waals surface area contributed by atoms with E-state index in [1.807, 2.05) is 31.2 Å². The van der Waals surface area contributed by atoms with Gasteiger partial charge in [-0.05, 0) is 45.2 Å². The molecule has 0 unspecified atom stereocenters. The molecule has 3 saturated heterocycles. The Bertz CT molecular complexity index is 884. The molecule has 4 aliphatic rings. The smallest absolute Gasteiger partial charge is 0.184 e. The Morgan fingerprint density at radius 1 is 1.09 bits per heavy atom. The molecule has 9 atom stereocenters. The lowest BCUT2D eigenvalue weighted by molar-refractivity contribution is -0.320. The summed E-state index contributed by atoms with van der Waals surface area (Å²) < 4.78 is 38.3. The molecular formula is C28H42O7. The van der Waals surface area contributed by atoms with Crippen molar-refractivity contribution in [2.75, 3.05) is 13.7 Å². The zero-order valence-electron chi connectivity index (χ0n) is 22.0. The third-order valence-electron chi connectivity index (χ3n) is 8.89. The van der Waals surface area contributed by atoms with E-state index in [2.05, 4.69) is 27.7 Å². The molecule has 196 valence electrons. The summed E-state index contributed by atoms with van der Waals surface area (Å²) in [5.41, 5.74) is -0.175. The van der Waals surface area contributed by atoms with E-state index >= 15 is 0 Å². The van der Waals surface area contributed by atoms with Crippen molar-refractivity contribution in [1.29, 1.82) is 0 Å². The third kappa shape index (κ3) is 4.32. The van der Waals surface area contributed by atoms with Gasteiger partial charge in [0.15, 0.2) is 12.1 Å². The molecule has 1 aliphatic carbocycles. The summed E-state index contributed by atoms with van der Waals surface area (Å²) in [4.78, 5) is 0. The lowest BCUT2D eigenvalue weighted by Gasteiger charge is -2.49.